The van der Waals surface area contributed by atoms with Crippen LogP contribution in [0, 0.1) is 0 Å². The number of ether oxygens (including phenoxy) is 2. The molecule has 118 valence electrons. The number of halogens is 1. The van der Waals surface area contributed by atoms with Crippen LogP contribution in [0.15, 0.2) is 57.9 Å². The third-order valence-corrected chi connectivity index (χ3v) is 4.80. The summed E-state index contributed by atoms with van der Waals surface area (Å²) in [7, 11) is -2.23. The molecule has 0 saturated carbocycles. The Bertz CT molecular complexity index is 720. The molecule has 0 saturated heterocycles. The molecule has 0 spiro atoms. The smallest absolute Gasteiger partial charge is 0.244 e. The van der Waals surface area contributed by atoms with Crippen LogP contribution < -0.4 is 14.2 Å². The van der Waals surface area contributed by atoms with Gasteiger partial charge in [-0.3, -0.25) is 0 Å². The van der Waals surface area contributed by atoms with Gasteiger partial charge in [0, 0.05) is 11.0 Å². The van der Waals surface area contributed by atoms with Crippen LogP contribution in [0.2, 0.25) is 0 Å². The topological polar surface area (TPSA) is 64.6 Å². The molecule has 0 amide bonds. The molecule has 2 aromatic rings. The van der Waals surface area contributed by atoms with Gasteiger partial charge in [-0.2, -0.15) is 0 Å². The van der Waals surface area contributed by atoms with Crippen LogP contribution in [0.5, 0.6) is 11.5 Å². The minimum absolute atomic E-state index is 0.0871. The molecule has 0 aliphatic carbocycles. The van der Waals surface area contributed by atoms with Crippen molar-refractivity contribution in [3.63, 3.8) is 0 Å². The van der Waals surface area contributed by atoms with Crippen molar-refractivity contribution >= 4 is 26.0 Å². The molecule has 0 aliphatic rings. The second-order valence-electron chi connectivity index (χ2n) is 4.35. The van der Waals surface area contributed by atoms with Gasteiger partial charge < -0.3 is 9.47 Å². The monoisotopic (exact) mass is 385 g/mol. The molecule has 0 unspecified atom stereocenters. The van der Waals surface area contributed by atoms with Crippen LogP contribution in [0.4, 0.5) is 0 Å². The SMILES string of the molecule is COc1ccc(Br)cc1S(=O)(=O)NCCOc1ccccc1. The third-order valence-electron chi connectivity index (χ3n) is 2.82. The predicted molar refractivity (Wildman–Crippen MR) is 87.8 cm³/mol. The van der Waals surface area contributed by atoms with Crippen LogP contribution in [-0.4, -0.2) is 28.7 Å². The highest BCUT2D eigenvalue weighted by molar-refractivity contribution is 9.10. The summed E-state index contributed by atoms with van der Waals surface area (Å²) < 4.78 is 38.3. The quantitative estimate of drug-likeness (QED) is 0.744. The molecule has 0 aromatic heterocycles. The molecular weight excluding hydrogens is 370 g/mol. The fraction of sp³-hybridized carbons (Fsp3) is 0.200. The number of rotatable bonds is 7. The van der Waals surface area contributed by atoms with Crippen molar-refractivity contribution in [3.8, 4) is 11.5 Å². The Hall–Kier alpha value is -1.57. The number of hydrogen-bond acceptors (Lipinski definition) is 4. The van der Waals surface area contributed by atoms with E-state index in [9.17, 15) is 8.42 Å². The van der Waals surface area contributed by atoms with E-state index in [1.807, 2.05) is 30.3 Å². The minimum Gasteiger partial charge on any atom is -0.495 e. The molecule has 0 aliphatic heterocycles. The van der Waals surface area contributed by atoms with Gasteiger partial charge in [-0.05, 0) is 30.3 Å². The predicted octanol–water partition coefficient (Wildman–Crippen LogP) is 2.82. The van der Waals surface area contributed by atoms with Crippen molar-refractivity contribution in [2.45, 2.75) is 4.90 Å². The van der Waals surface area contributed by atoms with Gasteiger partial charge in [0.2, 0.25) is 10.0 Å². The van der Waals surface area contributed by atoms with Crippen molar-refractivity contribution in [1.29, 1.82) is 0 Å². The highest BCUT2D eigenvalue weighted by atomic mass is 79.9. The van der Waals surface area contributed by atoms with Gasteiger partial charge in [0.1, 0.15) is 23.0 Å². The minimum atomic E-state index is -3.66. The average Bonchev–Trinajstić information content (AvgIpc) is 2.52. The Morgan fingerprint density at radius 1 is 1.14 bits per heavy atom. The van der Waals surface area contributed by atoms with Crippen LogP contribution in [-0.2, 0) is 10.0 Å². The standard InChI is InChI=1S/C15H16BrNO4S/c1-20-14-8-7-12(16)11-15(14)22(18,19)17-9-10-21-13-5-3-2-4-6-13/h2-8,11,17H,9-10H2,1H3. The number of hydrogen-bond donors (Lipinski definition) is 1. The van der Waals surface area contributed by atoms with Crippen LogP contribution in [0.25, 0.3) is 0 Å². The zero-order valence-electron chi connectivity index (χ0n) is 12.0. The zero-order chi connectivity index (χ0) is 16.0. The summed E-state index contributed by atoms with van der Waals surface area (Å²) in [4.78, 5) is 0.0871. The van der Waals surface area contributed by atoms with Crippen molar-refractivity contribution in [2.24, 2.45) is 0 Å². The van der Waals surface area contributed by atoms with Crippen molar-refractivity contribution in [3.05, 3.63) is 53.0 Å². The molecule has 0 atom stereocenters. The first kappa shape index (κ1) is 16.8. The average molecular weight is 386 g/mol. The summed E-state index contributed by atoms with van der Waals surface area (Å²) in [6, 6.07) is 14.0. The number of benzene rings is 2. The Morgan fingerprint density at radius 3 is 2.55 bits per heavy atom. The third kappa shape index (κ3) is 4.46. The Balaban J connectivity index is 1.98. The molecule has 5 nitrogen and oxygen atoms in total. The van der Waals surface area contributed by atoms with Gasteiger partial charge in [-0.15, -0.1) is 0 Å². The molecule has 2 aromatic carbocycles. The Labute approximate surface area is 138 Å². The molecule has 0 radical (unpaired) electrons. The lowest BCUT2D eigenvalue weighted by Gasteiger charge is -2.11. The van der Waals surface area contributed by atoms with Gasteiger partial charge in [0.15, 0.2) is 0 Å². The molecule has 1 N–H and O–H groups in total. The summed E-state index contributed by atoms with van der Waals surface area (Å²) in [6.45, 7) is 0.395. The van der Waals surface area contributed by atoms with Gasteiger partial charge in [-0.1, -0.05) is 34.1 Å². The Kier molecular flexibility index (Phi) is 5.82. The summed E-state index contributed by atoms with van der Waals surface area (Å²) >= 11 is 3.26. The molecule has 22 heavy (non-hydrogen) atoms. The van der Waals surface area contributed by atoms with E-state index in [1.54, 1.807) is 12.1 Å². The Morgan fingerprint density at radius 2 is 1.86 bits per heavy atom. The second kappa shape index (κ2) is 7.62. The summed E-state index contributed by atoms with van der Waals surface area (Å²) in [6.07, 6.45) is 0. The fourth-order valence-corrected chi connectivity index (χ4v) is 3.52. The largest absolute Gasteiger partial charge is 0.495 e. The fourth-order valence-electron chi connectivity index (χ4n) is 1.80. The first-order valence-electron chi connectivity index (χ1n) is 6.54. The molecule has 0 bridgehead atoms. The van der Waals surface area contributed by atoms with E-state index in [-0.39, 0.29) is 18.0 Å². The van der Waals surface area contributed by atoms with E-state index < -0.39 is 10.0 Å². The van der Waals surface area contributed by atoms with Gasteiger partial charge in [-0.25, -0.2) is 13.1 Å². The zero-order valence-corrected chi connectivity index (χ0v) is 14.4. The van der Waals surface area contributed by atoms with E-state index in [0.29, 0.717) is 16.0 Å². The normalized spacial score (nSPS) is 11.2. The van der Waals surface area contributed by atoms with Gasteiger partial charge in [0.25, 0.3) is 0 Å². The maximum atomic E-state index is 12.3. The molecule has 0 heterocycles. The number of para-hydroxylation sites is 1. The number of sulfonamides is 1. The van der Waals surface area contributed by atoms with E-state index in [4.69, 9.17) is 9.47 Å². The summed E-state index contributed by atoms with van der Waals surface area (Å²) in [5.41, 5.74) is 0. The highest BCUT2D eigenvalue weighted by Crippen LogP contribution is 2.26. The van der Waals surface area contributed by atoms with Crippen LogP contribution >= 0.6 is 15.9 Å². The first-order chi connectivity index (χ1) is 10.5. The van der Waals surface area contributed by atoms with E-state index >= 15 is 0 Å². The lowest BCUT2D eigenvalue weighted by Crippen LogP contribution is -2.28. The highest BCUT2D eigenvalue weighted by Gasteiger charge is 2.19. The van der Waals surface area contributed by atoms with E-state index in [0.717, 1.165) is 0 Å². The van der Waals surface area contributed by atoms with Crippen molar-refractivity contribution in [1.82, 2.24) is 4.72 Å². The summed E-state index contributed by atoms with van der Waals surface area (Å²) in [5.74, 6) is 0.987. The number of methoxy groups -OCH3 is 1. The molecule has 7 heteroatoms. The maximum Gasteiger partial charge on any atom is 0.244 e. The molecular formula is C15H16BrNO4S. The lowest BCUT2D eigenvalue weighted by atomic mass is 10.3. The summed E-state index contributed by atoms with van der Waals surface area (Å²) in [5, 5.41) is 0. The van der Waals surface area contributed by atoms with Gasteiger partial charge >= 0.3 is 0 Å². The molecule has 0 fully saturated rings. The van der Waals surface area contributed by atoms with Crippen molar-refractivity contribution in [2.75, 3.05) is 20.3 Å². The van der Waals surface area contributed by atoms with Crippen LogP contribution in [0.1, 0.15) is 0 Å². The van der Waals surface area contributed by atoms with Gasteiger partial charge in [0.05, 0.1) is 7.11 Å². The van der Waals surface area contributed by atoms with E-state index in [2.05, 4.69) is 20.7 Å². The number of nitrogens with one attached hydrogen (secondary N) is 1. The molecule has 2 rings (SSSR count). The maximum absolute atomic E-state index is 12.3. The second-order valence-corrected chi connectivity index (χ2v) is 7.01. The van der Waals surface area contributed by atoms with E-state index in [1.165, 1.54) is 13.2 Å². The lowest BCUT2D eigenvalue weighted by molar-refractivity contribution is 0.322. The first-order valence-corrected chi connectivity index (χ1v) is 8.81. The van der Waals surface area contributed by atoms with Crippen molar-refractivity contribution < 1.29 is 17.9 Å². The van der Waals surface area contributed by atoms with Crippen LogP contribution in [0.3, 0.4) is 0 Å².